The highest BCUT2D eigenvalue weighted by Gasteiger charge is 2.34. The van der Waals surface area contributed by atoms with E-state index >= 15 is 0 Å². The van der Waals surface area contributed by atoms with Crippen molar-refractivity contribution >= 4 is 23.7 Å². The number of hydrogen-bond acceptors (Lipinski definition) is 8. The molecule has 0 saturated carbocycles. The second-order valence-corrected chi connectivity index (χ2v) is 7.52. The van der Waals surface area contributed by atoms with Crippen LogP contribution in [0.2, 0.25) is 0 Å². The third-order valence-electron chi connectivity index (χ3n) is 5.01. The molecule has 0 spiro atoms. The summed E-state index contributed by atoms with van der Waals surface area (Å²) in [6.07, 6.45) is 2.66. The average Bonchev–Trinajstić information content (AvgIpc) is 3.37. The van der Waals surface area contributed by atoms with Crippen LogP contribution in [0.3, 0.4) is 0 Å². The highest BCUT2D eigenvalue weighted by atomic mass is 16.5. The van der Waals surface area contributed by atoms with Crippen LogP contribution < -0.4 is 28.3 Å². The fraction of sp³-hybridized carbons (Fsp3) is 0.667. The largest absolute Gasteiger partial charge is 0.370 e. The lowest BCUT2D eigenvalue weighted by Gasteiger charge is -2.25. The van der Waals surface area contributed by atoms with Crippen LogP contribution in [0.4, 0.5) is 4.79 Å². The van der Waals surface area contributed by atoms with E-state index in [4.69, 9.17) is 27.5 Å². The number of primary amides is 1. The highest BCUT2D eigenvalue weighted by molar-refractivity contribution is 5.87. The van der Waals surface area contributed by atoms with E-state index in [0.29, 0.717) is 32.4 Å². The Hall–Kier alpha value is -3.22. The zero-order valence-corrected chi connectivity index (χ0v) is 17.6. The summed E-state index contributed by atoms with van der Waals surface area (Å²) in [5.74, 6) is -0.219. The number of Topliss-reactive ketones (excluding diaryl/α,β-unsaturated/α-hetero) is 1. The second kappa shape index (κ2) is 11.2. The Morgan fingerprint density at radius 1 is 1.29 bits per heavy atom. The quantitative estimate of drug-likeness (QED) is 0.166. The van der Waals surface area contributed by atoms with E-state index in [9.17, 15) is 14.4 Å². The van der Waals surface area contributed by atoms with E-state index in [1.54, 1.807) is 0 Å². The Morgan fingerprint density at radius 2 is 2.03 bits per heavy atom. The SMILES string of the molecule is CC(=O)C1CCCN1C(=O)N[C@@H](CCC(N)=O)c1nc([C@@H](N)CCCN=C(N)N)no1. The molecule has 0 aliphatic carbocycles. The molecule has 31 heavy (non-hydrogen) atoms. The number of nitrogens with one attached hydrogen (secondary N) is 1. The van der Waals surface area contributed by atoms with Gasteiger partial charge < -0.3 is 37.7 Å². The van der Waals surface area contributed by atoms with Gasteiger partial charge in [0.25, 0.3) is 0 Å². The van der Waals surface area contributed by atoms with Crippen molar-refractivity contribution < 1.29 is 18.9 Å². The summed E-state index contributed by atoms with van der Waals surface area (Å²) in [5.41, 5.74) is 21.9. The third kappa shape index (κ3) is 7.20. The van der Waals surface area contributed by atoms with Crippen molar-refractivity contribution in [2.24, 2.45) is 27.9 Å². The summed E-state index contributed by atoms with van der Waals surface area (Å²) >= 11 is 0. The lowest BCUT2D eigenvalue weighted by Crippen LogP contribution is -2.46. The molecular weight excluding hydrogens is 406 g/mol. The number of aliphatic imine (C=N–C) groups is 1. The van der Waals surface area contributed by atoms with Gasteiger partial charge in [0.05, 0.1) is 12.1 Å². The molecule has 172 valence electrons. The van der Waals surface area contributed by atoms with E-state index in [1.807, 2.05) is 0 Å². The van der Waals surface area contributed by atoms with Crippen LogP contribution in [0.5, 0.6) is 0 Å². The molecule has 3 atom stereocenters. The highest BCUT2D eigenvalue weighted by Crippen LogP contribution is 2.23. The first-order valence-electron chi connectivity index (χ1n) is 10.2. The van der Waals surface area contributed by atoms with Crippen molar-refractivity contribution in [2.45, 2.75) is 63.6 Å². The summed E-state index contributed by atoms with van der Waals surface area (Å²) in [6.45, 7) is 2.35. The molecule has 13 nitrogen and oxygen atoms in total. The van der Waals surface area contributed by atoms with Gasteiger partial charge in [0.1, 0.15) is 6.04 Å². The van der Waals surface area contributed by atoms with Gasteiger partial charge in [0, 0.05) is 19.5 Å². The fourth-order valence-corrected chi connectivity index (χ4v) is 3.40. The number of nitrogens with zero attached hydrogens (tertiary/aromatic N) is 4. The monoisotopic (exact) mass is 437 g/mol. The summed E-state index contributed by atoms with van der Waals surface area (Å²) in [7, 11) is 0. The molecule has 2 heterocycles. The molecule has 2 rings (SSSR count). The zero-order chi connectivity index (χ0) is 23.0. The minimum atomic E-state index is -0.747. The van der Waals surface area contributed by atoms with Gasteiger partial charge in [-0.3, -0.25) is 14.6 Å². The number of ketones is 1. The number of hydrogen-bond donors (Lipinski definition) is 5. The van der Waals surface area contributed by atoms with Crippen molar-refractivity contribution in [1.29, 1.82) is 0 Å². The van der Waals surface area contributed by atoms with Gasteiger partial charge in [0.15, 0.2) is 17.6 Å². The van der Waals surface area contributed by atoms with Gasteiger partial charge in [-0.05, 0) is 39.0 Å². The number of guanidine groups is 1. The molecule has 1 saturated heterocycles. The predicted octanol–water partition coefficient (Wildman–Crippen LogP) is -0.807. The van der Waals surface area contributed by atoms with Crippen LogP contribution >= 0.6 is 0 Å². The molecular formula is C18H31N9O4. The lowest BCUT2D eigenvalue weighted by atomic mass is 10.1. The van der Waals surface area contributed by atoms with E-state index < -0.39 is 30.1 Å². The predicted molar refractivity (Wildman–Crippen MR) is 111 cm³/mol. The number of carbonyl (C=O) groups is 3. The molecule has 1 aromatic heterocycles. The van der Waals surface area contributed by atoms with Crippen molar-refractivity contribution in [3.05, 3.63) is 11.7 Å². The second-order valence-electron chi connectivity index (χ2n) is 7.52. The maximum absolute atomic E-state index is 12.8. The zero-order valence-electron chi connectivity index (χ0n) is 17.6. The number of rotatable bonds is 11. The first kappa shape index (κ1) is 24.1. The first-order valence-corrected chi connectivity index (χ1v) is 10.2. The van der Waals surface area contributed by atoms with Crippen LogP contribution in [0, 0.1) is 0 Å². The Bertz CT molecular complexity index is 806. The molecule has 0 bridgehead atoms. The summed E-state index contributed by atoms with van der Waals surface area (Å²) in [5, 5.41) is 6.67. The Labute approximate surface area is 179 Å². The molecule has 1 aliphatic rings. The third-order valence-corrected chi connectivity index (χ3v) is 5.01. The number of nitrogens with two attached hydrogens (primary N) is 4. The number of amides is 3. The van der Waals surface area contributed by atoms with Gasteiger partial charge >= 0.3 is 6.03 Å². The molecule has 0 radical (unpaired) electrons. The topological polar surface area (TPSA) is 222 Å². The maximum Gasteiger partial charge on any atom is 0.318 e. The van der Waals surface area contributed by atoms with Crippen LogP contribution in [0.15, 0.2) is 9.52 Å². The Balaban J connectivity index is 2.06. The summed E-state index contributed by atoms with van der Waals surface area (Å²) in [4.78, 5) is 45.5. The van der Waals surface area contributed by atoms with E-state index in [0.717, 1.165) is 6.42 Å². The smallest absolute Gasteiger partial charge is 0.318 e. The summed E-state index contributed by atoms with van der Waals surface area (Å²) in [6, 6.07) is -2.16. The van der Waals surface area contributed by atoms with Crippen LogP contribution in [-0.4, -0.2) is 57.9 Å². The van der Waals surface area contributed by atoms with Crippen LogP contribution in [0.25, 0.3) is 0 Å². The van der Waals surface area contributed by atoms with Crippen molar-refractivity contribution in [3.63, 3.8) is 0 Å². The van der Waals surface area contributed by atoms with Crippen LogP contribution in [0.1, 0.15) is 69.2 Å². The normalized spacial score (nSPS) is 17.7. The molecule has 0 aromatic carbocycles. The molecule has 3 amide bonds. The van der Waals surface area contributed by atoms with E-state index in [1.165, 1.54) is 11.8 Å². The van der Waals surface area contributed by atoms with Gasteiger partial charge in [-0.25, -0.2) is 4.79 Å². The minimum absolute atomic E-state index is 0.00334. The molecule has 1 aliphatic heterocycles. The lowest BCUT2D eigenvalue weighted by molar-refractivity contribution is -0.120. The standard InChI is InChI=1S/C18H31N9O4/c1-10(28)13-5-3-9-27(13)18(30)24-12(6-7-14(20)29)16-25-15(26-31-16)11(19)4-2-8-23-17(21)22/h11-13H,2-9,19H2,1H3,(H2,20,29)(H,24,30)(H4,21,22,23)/t11-,12-,13?/m0/s1. The number of likely N-dealkylation sites (tertiary alicyclic amines) is 1. The minimum Gasteiger partial charge on any atom is -0.370 e. The first-order chi connectivity index (χ1) is 14.7. The molecule has 9 N–H and O–H groups in total. The Kier molecular flexibility index (Phi) is 8.73. The number of carbonyl (C=O) groups excluding carboxylic acids is 3. The van der Waals surface area contributed by atoms with Crippen molar-refractivity contribution in [2.75, 3.05) is 13.1 Å². The maximum atomic E-state index is 12.8. The Morgan fingerprint density at radius 3 is 2.68 bits per heavy atom. The van der Waals surface area contributed by atoms with Crippen LogP contribution in [-0.2, 0) is 9.59 Å². The molecule has 1 aromatic rings. The van der Waals surface area contributed by atoms with Gasteiger partial charge in [-0.15, -0.1) is 0 Å². The van der Waals surface area contributed by atoms with Crippen molar-refractivity contribution in [3.8, 4) is 0 Å². The van der Waals surface area contributed by atoms with Crippen molar-refractivity contribution in [1.82, 2.24) is 20.4 Å². The summed E-state index contributed by atoms with van der Waals surface area (Å²) < 4.78 is 5.30. The average molecular weight is 438 g/mol. The number of aromatic nitrogens is 2. The van der Waals surface area contributed by atoms with E-state index in [-0.39, 0.29) is 36.3 Å². The van der Waals surface area contributed by atoms with Gasteiger partial charge in [-0.1, -0.05) is 5.16 Å². The fourth-order valence-electron chi connectivity index (χ4n) is 3.40. The van der Waals surface area contributed by atoms with E-state index in [2.05, 4.69) is 20.4 Å². The molecule has 1 unspecified atom stereocenters. The molecule has 1 fully saturated rings. The van der Waals surface area contributed by atoms with Gasteiger partial charge in [-0.2, -0.15) is 4.98 Å². The number of urea groups is 1. The molecule has 13 heteroatoms. The van der Waals surface area contributed by atoms with Gasteiger partial charge in [0.2, 0.25) is 11.8 Å².